The fourth-order valence-corrected chi connectivity index (χ4v) is 1.40. The van der Waals surface area contributed by atoms with E-state index in [9.17, 15) is 9.59 Å². The van der Waals surface area contributed by atoms with E-state index in [1.165, 1.54) is 11.8 Å². The summed E-state index contributed by atoms with van der Waals surface area (Å²) in [6, 6.07) is -0.391. The lowest BCUT2D eigenvalue weighted by molar-refractivity contribution is -0.138. The van der Waals surface area contributed by atoms with Crippen LogP contribution in [0.1, 0.15) is 19.8 Å². The van der Waals surface area contributed by atoms with Gasteiger partial charge in [0, 0.05) is 6.54 Å². The Hall–Kier alpha value is -0.900. The van der Waals surface area contributed by atoms with Crippen LogP contribution in [0.15, 0.2) is 0 Å². The largest absolute Gasteiger partial charge is 0.334 e. The molecular formula is C8H14N2O2. The van der Waals surface area contributed by atoms with E-state index >= 15 is 0 Å². The smallest absolute Gasteiger partial charge is 0.239 e. The van der Waals surface area contributed by atoms with Crippen LogP contribution < -0.4 is 5.73 Å². The summed E-state index contributed by atoms with van der Waals surface area (Å²) < 4.78 is 0. The molecule has 0 aliphatic carbocycles. The van der Waals surface area contributed by atoms with Gasteiger partial charge in [-0.05, 0) is 19.8 Å². The minimum absolute atomic E-state index is 0.0115. The average Bonchev–Trinajstić information content (AvgIpc) is 1.98. The molecule has 1 aliphatic heterocycles. The van der Waals surface area contributed by atoms with Crippen LogP contribution in [0.3, 0.4) is 0 Å². The normalized spacial score (nSPS) is 24.3. The number of carbonyl (C=O) groups excluding carboxylic acids is 2. The molecule has 1 aliphatic rings. The molecule has 68 valence electrons. The molecule has 1 amide bonds. The highest BCUT2D eigenvalue weighted by Crippen LogP contribution is 2.09. The molecule has 12 heavy (non-hydrogen) atoms. The third-order valence-corrected chi connectivity index (χ3v) is 1.99. The Morgan fingerprint density at radius 1 is 1.75 bits per heavy atom. The van der Waals surface area contributed by atoms with Crippen molar-refractivity contribution >= 4 is 11.7 Å². The van der Waals surface area contributed by atoms with Crippen molar-refractivity contribution in [1.29, 1.82) is 0 Å². The Labute approximate surface area is 71.7 Å². The predicted molar refractivity (Wildman–Crippen MR) is 44.5 cm³/mol. The van der Waals surface area contributed by atoms with Crippen molar-refractivity contribution in [2.45, 2.75) is 25.8 Å². The first-order valence-electron chi connectivity index (χ1n) is 4.15. The van der Waals surface area contributed by atoms with E-state index in [-0.39, 0.29) is 18.2 Å². The summed E-state index contributed by atoms with van der Waals surface area (Å²) in [6.07, 6.45) is 1.65. The van der Waals surface area contributed by atoms with Crippen molar-refractivity contribution in [2.24, 2.45) is 5.73 Å². The highest BCUT2D eigenvalue weighted by atomic mass is 16.2. The monoisotopic (exact) mass is 170 g/mol. The molecule has 1 saturated heterocycles. The molecule has 0 aromatic heterocycles. The number of carbonyl (C=O) groups is 2. The van der Waals surface area contributed by atoms with E-state index in [1.807, 2.05) is 0 Å². The molecule has 1 unspecified atom stereocenters. The van der Waals surface area contributed by atoms with E-state index in [4.69, 9.17) is 5.73 Å². The molecule has 2 N–H and O–H groups in total. The Bertz CT molecular complexity index is 203. The summed E-state index contributed by atoms with van der Waals surface area (Å²) in [4.78, 5) is 23.6. The van der Waals surface area contributed by atoms with Crippen LogP contribution in [0.25, 0.3) is 0 Å². The number of rotatable bonds is 2. The summed E-state index contributed by atoms with van der Waals surface area (Å²) in [5.74, 6) is -0.0751. The fourth-order valence-electron chi connectivity index (χ4n) is 1.40. The lowest BCUT2D eigenvalue weighted by Gasteiger charge is -2.29. The Kier molecular flexibility index (Phi) is 2.81. The van der Waals surface area contributed by atoms with E-state index in [2.05, 4.69) is 0 Å². The molecular weight excluding hydrogens is 156 g/mol. The number of amides is 1. The van der Waals surface area contributed by atoms with Crippen molar-refractivity contribution in [3.63, 3.8) is 0 Å². The van der Waals surface area contributed by atoms with Gasteiger partial charge in [0.05, 0.1) is 12.6 Å². The predicted octanol–water partition coefficient (Wildman–Crippen LogP) is -0.475. The topological polar surface area (TPSA) is 63.4 Å². The first-order valence-corrected chi connectivity index (χ1v) is 4.15. The maximum absolute atomic E-state index is 11.3. The lowest BCUT2D eigenvalue weighted by Crippen LogP contribution is -2.49. The van der Waals surface area contributed by atoms with Crippen LogP contribution in [-0.2, 0) is 9.59 Å². The Morgan fingerprint density at radius 3 is 3.00 bits per heavy atom. The van der Waals surface area contributed by atoms with Gasteiger partial charge >= 0.3 is 0 Å². The quantitative estimate of drug-likeness (QED) is 0.609. The standard InChI is InChI=1S/C8H14N2O2/c1-6(11)5-10-4-2-3-7(9)8(10)12/h7H,2-5,9H2,1H3. The van der Waals surface area contributed by atoms with Crippen LogP contribution in [0.5, 0.6) is 0 Å². The first-order chi connectivity index (χ1) is 5.61. The second-order valence-electron chi connectivity index (χ2n) is 3.21. The van der Waals surface area contributed by atoms with Crippen molar-refractivity contribution < 1.29 is 9.59 Å². The van der Waals surface area contributed by atoms with Gasteiger partial charge in [-0.3, -0.25) is 9.59 Å². The van der Waals surface area contributed by atoms with Crippen LogP contribution in [0.2, 0.25) is 0 Å². The third-order valence-electron chi connectivity index (χ3n) is 1.99. The Morgan fingerprint density at radius 2 is 2.42 bits per heavy atom. The lowest BCUT2D eigenvalue weighted by atomic mass is 10.1. The van der Waals surface area contributed by atoms with Gasteiger partial charge in [0.25, 0.3) is 0 Å². The van der Waals surface area contributed by atoms with Crippen molar-refractivity contribution in [3.8, 4) is 0 Å². The maximum Gasteiger partial charge on any atom is 0.239 e. The molecule has 0 radical (unpaired) electrons. The van der Waals surface area contributed by atoms with E-state index < -0.39 is 6.04 Å². The zero-order chi connectivity index (χ0) is 9.14. The van der Waals surface area contributed by atoms with Crippen LogP contribution >= 0.6 is 0 Å². The van der Waals surface area contributed by atoms with Gasteiger partial charge in [-0.25, -0.2) is 0 Å². The molecule has 0 saturated carbocycles. The number of likely N-dealkylation sites (tertiary alicyclic amines) is 1. The second-order valence-corrected chi connectivity index (χ2v) is 3.21. The first kappa shape index (κ1) is 9.19. The van der Waals surface area contributed by atoms with Gasteiger partial charge < -0.3 is 10.6 Å². The number of nitrogens with two attached hydrogens (primary N) is 1. The molecule has 1 fully saturated rings. The molecule has 0 aromatic rings. The molecule has 0 spiro atoms. The average molecular weight is 170 g/mol. The van der Waals surface area contributed by atoms with E-state index in [0.29, 0.717) is 6.54 Å². The molecule has 0 aromatic carbocycles. The van der Waals surface area contributed by atoms with Crippen LogP contribution in [0.4, 0.5) is 0 Å². The van der Waals surface area contributed by atoms with Gasteiger partial charge in [0.15, 0.2) is 0 Å². The molecule has 4 heteroatoms. The summed E-state index contributed by atoms with van der Waals surface area (Å²) in [6.45, 7) is 2.37. The maximum atomic E-state index is 11.3. The SMILES string of the molecule is CC(=O)CN1CCCC(N)C1=O. The number of ketones is 1. The summed E-state index contributed by atoms with van der Waals surface area (Å²) in [7, 11) is 0. The number of piperidine rings is 1. The highest BCUT2D eigenvalue weighted by Gasteiger charge is 2.25. The number of nitrogens with zero attached hydrogens (tertiary/aromatic N) is 1. The molecule has 1 heterocycles. The molecule has 0 bridgehead atoms. The highest BCUT2D eigenvalue weighted by molar-refractivity contribution is 5.87. The molecule has 1 rings (SSSR count). The fraction of sp³-hybridized carbons (Fsp3) is 0.750. The van der Waals surface area contributed by atoms with Gasteiger partial charge in [-0.1, -0.05) is 0 Å². The number of hydrogen-bond donors (Lipinski definition) is 1. The summed E-state index contributed by atoms with van der Waals surface area (Å²) in [5, 5.41) is 0. The van der Waals surface area contributed by atoms with Gasteiger partial charge in [0.1, 0.15) is 5.78 Å². The zero-order valence-corrected chi connectivity index (χ0v) is 7.25. The Balaban J connectivity index is 2.52. The van der Waals surface area contributed by atoms with Crippen molar-refractivity contribution in [3.05, 3.63) is 0 Å². The van der Waals surface area contributed by atoms with Crippen molar-refractivity contribution in [1.82, 2.24) is 4.90 Å². The molecule has 4 nitrogen and oxygen atoms in total. The number of hydrogen-bond acceptors (Lipinski definition) is 3. The van der Waals surface area contributed by atoms with Gasteiger partial charge in [-0.2, -0.15) is 0 Å². The molecule has 1 atom stereocenters. The summed E-state index contributed by atoms with van der Waals surface area (Å²) in [5.41, 5.74) is 5.54. The summed E-state index contributed by atoms with van der Waals surface area (Å²) >= 11 is 0. The van der Waals surface area contributed by atoms with Crippen LogP contribution in [-0.4, -0.2) is 35.7 Å². The van der Waals surface area contributed by atoms with Gasteiger partial charge in [0.2, 0.25) is 5.91 Å². The number of Topliss-reactive ketones (excluding diaryl/α,β-unsaturated/α-hetero) is 1. The van der Waals surface area contributed by atoms with Crippen LogP contribution in [0, 0.1) is 0 Å². The second kappa shape index (κ2) is 3.67. The minimum Gasteiger partial charge on any atom is -0.334 e. The van der Waals surface area contributed by atoms with E-state index in [1.54, 1.807) is 0 Å². The van der Waals surface area contributed by atoms with E-state index in [0.717, 1.165) is 12.8 Å². The third kappa shape index (κ3) is 2.04. The van der Waals surface area contributed by atoms with Gasteiger partial charge in [-0.15, -0.1) is 0 Å². The van der Waals surface area contributed by atoms with Crippen molar-refractivity contribution in [2.75, 3.05) is 13.1 Å². The zero-order valence-electron chi connectivity index (χ0n) is 7.25. The minimum atomic E-state index is -0.391.